The molecular weight excluding hydrogens is 260 g/mol. The SMILES string of the molecule is CC(N)c1nc(C(=O)N[C@@H](C)c2ccccn2)cs1. The fourth-order valence-corrected chi connectivity index (χ4v) is 2.34. The Kier molecular flexibility index (Phi) is 4.24. The van der Waals surface area contributed by atoms with E-state index in [0.717, 1.165) is 10.7 Å². The standard InChI is InChI=1S/C13H16N4OS/c1-8(14)13-17-11(7-19-13)12(18)16-9(2)10-5-3-4-6-15-10/h3-9H,14H2,1-2H3,(H,16,18)/t8?,9-/m0/s1. The number of nitrogens with one attached hydrogen (secondary N) is 1. The second kappa shape index (κ2) is 5.90. The molecule has 2 rings (SSSR count). The Morgan fingerprint density at radius 1 is 1.42 bits per heavy atom. The second-order valence-corrected chi connectivity index (χ2v) is 5.20. The molecule has 6 heteroatoms. The van der Waals surface area contributed by atoms with Crippen LogP contribution in [0.15, 0.2) is 29.8 Å². The van der Waals surface area contributed by atoms with Crippen LogP contribution in [0.25, 0.3) is 0 Å². The maximum Gasteiger partial charge on any atom is 0.271 e. The Morgan fingerprint density at radius 3 is 2.79 bits per heavy atom. The number of carbonyl (C=O) groups is 1. The van der Waals surface area contributed by atoms with E-state index in [0.29, 0.717) is 5.69 Å². The molecule has 2 atom stereocenters. The van der Waals surface area contributed by atoms with Gasteiger partial charge in [-0.15, -0.1) is 11.3 Å². The van der Waals surface area contributed by atoms with Crippen LogP contribution < -0.4 is 11.1 Å². The number of nitrogens with two attached hydrogens (primary N) is 1. The molecule has 0 aliphatic rings. The van der Waals surface area contributed by atoms with Gasteiger partial charge in [0.2, 0.25) is 0 Å². The summed E-state index contributed by atoms with van der Waals surface area (Å²) in [6, 6.07) is 5.29. The molecule has 0 saturated carbocycles. The van der Waals surface area contributed by atoms with Gasteiger partial charge in [0.15, 0.2) is 0 Å². The van der Waals surface area contributed by atoms with Crippen molar-refractivity contribution in [2.45, 2.75) is 25.9 Å². The number of rotatable bonds is 4. The largest absolute Gasteiger partial charge is 0.343 e. The maximum absolute atomic E-state index is 12.0. The van der Waals surface area contributed by atoms with E-state index in [1.54, 1.807) is 11.6 Å². The highest BCUT2D eigenvalue weighted by Gasteiger charge is 2.16. The normalized spacial score (nSPS) is 13.8. The summed E-state index contributed by atoms with van der Waals surface area (Å²) >= 11 is 1.40. The summed E-state index contributed by atoms with van der Waals surface area (Å²) in [4.78, 5) is 20.5. The Bertz CT molecular complexity index is 553. The topological polar surface area (TPSA) is 80.9 Å². The zero-order valence-electron chi connectivity index (χ0n) is 10.8. The molecule has 100 valence electrons. The van der Waals surface area contributed by atoms with E-state index in [9.17, 15) is 4.79 Å². The van der Waals surface area contributed by atoms with Crippen LogP contribution in [0.4, 0.5) is 0 Å². The minimum atomic E-state index is -0.207. The lowest BCUT2D eigenvalue weighted by Crippen LogP contribution is -2.27. The second-order valence-electron chi connectivity index (χ2n) is 4.31. The number of carbonyl (C=O) groups excluding carboxylic acids is 1. The van der Waals surface area contributed by atoms with Gasteiger partial charge in [0, 0.05) is 11.6 Å². The third kappa shape index (κ3) is 3.36. The Morgan fingerprint density at radius 2 is 2.21 bits per heavy atom. The van der Waals surface area contributed by atoms with Gasteiger partial charge in [0.05, 0.1) is 17.8 Å². The van der Waals surface area contributed by atoms with Crippen molar-refractivity contribution in [2.24, 2.45) is 5.73 Å². The van der Waals surface area contributed by atoms with Crippen molar-refractivity contribution in [2.75, 3.05) is 0 Å². The number of hydrogen-bond donors (Lipinski definition) is 2. The highest BCUT2D eigenvalue weighted by molar-refractivity contribution is 7.09. The average molecular weight is 276 g/mol. The van der Waals surface area contributed by atoms with Gasteiger partial charge in [-0.3, -0.25) is 9.78 Å². The molecule has 2 aromatic rings. The molecule has 1 unspecified atom stereocenters. The molecular formula is C13H16N4OS. The Hall–Kier alpha value is -1.79. The lowest BCUT2D eigenvalue weighted by atomic mass is 10.2. The van der Waals surface area contributed by atoms with E-state index in [4.69, 9.17) is 5.73 Å². The monoisotopic (exact) mass is 276 g/mol. The molecule has 1 amide bonds. The Labute approximate surface area is 115 Å². The fourth-order valence-electron chi connectivity index (χ4n) is 1.58. The smallest absolute Gasteiger partial charge is 0.271 e. The molecule has 0 aliphatic heterocycles. The van der Waals surface area contributed by atoms with Gasteiger partial charge in [-0.05, 0) is 26.0 Å². The molecule has 0 spiro atoms. The maximum atomic E-state index is 12.0. The lowest BCUT2D eigenvalue weighted by Gasteiger charge is -2.12. The lowest BCUT2D eigenvalue weighted by molar-refractivity contribution is 0.0934. The number of thiazole rings is 1. The van der Waals surface area contributed by atoms with Gasteiger partial charge in [0.1, 0.15) is 10.7 Å². The molecule has 0 radical (unpaired) electrons. The first-order valence-corrected chi connectivity index (χ1v) is 6.88. The van der Waals surface area contributed by atoms with Crippen molar-refractivity contribution < 1.29 is 4.79 Å². The van der Waals surface area contributed by atoms with E-state index in [2.05, 4.69) is 15.3 Å². The van der Waals surface area contributed by atoms with Crippen LogP contribution in [-0.2, 0) is 0 Å². The quantitative estimate of drug-likeness (QED) is 0.895. The van der Waals surface area contributed by atoms with Crippen molar-refractivity contribution in [1.29, 1.82) is 0 Å². The van der Waals surface area contributed by atoms with Crippen LogP contribution >= 0.6 is 11.3 Å². The van der Waals surface area contributed by atoms with E-state index >= 15 is 0 Å². The summed E-state index contributed by atoms with van der Waals surface area (Å²) < 4.78 is 0. The fraction of sp³-hybridized carbons (Fsp3) is 0.308. The molecule has 0 aliphatic carbocycles. The molecule has 0 saturated heterocycles. The molecule has 5 nitrogen and oxygen atoms in total. The van der Waals surface area contributed by atoms with Crippen molar-refractivity contribution >= 4 is 17.2 Å². The summed E-state index contributed by atoms with van der Waals surface area (Å²) in [5, 5.41) is 5.35. The van der Waals surface area contributed by atoms with Crippen LogP contribution in [0.2, 0.25) is 0 Å². The van der Waals surface area contributed by atoms with Crippen molar-refractivity contribution in [3.8, 4) is 0 Å². The highest BCUT2D eigenvalue weighted by Crippen LogP contribution is 2.16. The van der Waals surface area contributed by atoms with Gasteiger partial charge in [-0.25, -0.2) is 4.98 Å². The molecule has 2 aromatic heterocycles. The number of nitrogens with zero attached hydrogens (tertiary/aromatic N) is 2. The van der Waals surface area contributed by atoms with Gasteiger partial charge >= 0.3 is 0 Å². The zero-order chi connectivity index (χ0) is 13.8. The van der Waals surface area contributed by atoms with Gasteiger partial charge in [-0.2, -0.15) is 0 Å². The first kappa shape index (κ1) is 13.6. The molecule has 2 heterocycles. The van der Waals surface area contributed by atoms with E-state index in [1.807, 2.05) is 32.0 Å². The summed E-state index contributed by atoms with van der Waals surface area (Å²) in [6.07, 6.45) is 1.70. The minimum Gasteiger partial charge on any atom is -0.343 e. The van der Waals surface area contributed by atoms with E-state index in [1.165, 1.54) is 11.3 Å². The number of aromatic nitrogens is 2. The van der Waals surface area contributed by atoms with Crippen LogP contribution in [0, 0.1) is 0 Å². The summed E-state index contributed by atoms with van der Waals surface area (Å²) in [5.74, 6) is -0.207. The zero-order valence-corrected chi connectivity index (χ0v) is 11.6. The number of amides is 1. The van der Waals surface area contributed by atoms with Crippen LogP contribution in [0.1, 0.15) is 47.1 Å². The Balaban J connectivity index is 2.04. The van der Waals surface area contributed by atoms with Crippen LogP contribution in [-0.4, -0.2) is 15.9 Å². The summed E-state index contributed by atoms with van der Waals surface area (Å²) in [6.45, 7) is 3.73. The number of pyridine rings is 1. The van der Waals surface area contributed by atoms with E-state index < -0.39 is 0 Å². The minimum absolute atomic E-state index is 0.153. The van der Waals surface area contributed by atoms with Crippen molar-refractivity contribution in [3.05, 3.63) is 46.2 Å². The molecule has 3 N–H and O–H groups in total. The summed E-state index contributed by atoms with van der Waals surface area (Å²) in [5.41, 5.74) is 6.95. The first-order chi connectivity index (χ1) is 9.08. The van der Waals surface area contributed by atoms with Crippen molar-refractivity contribution in [3.63, 3.8) is 0 Å². The van der Waals surface area contributed by atoms with Crippen molar-refractivity contribution in [1.82, 2.24) is 15.3 Å². The molecule has 0 aromatic carbocycles. The third-order valence-electron chi connectivity index (χ3n) is 2.62. The van der Waals surface area contributed by atoms with Gasteiger partial charge in [0.25, 0.3) is 5.91 Å². The van der Waals surface area contributed by atoms with Gasteiger partial charge < -0.3 is 11.1 Å². The van der Waals surface area contributed by atoms with Gasteiger partial charge in [-0.1, -0.05) is 6.07 Å². The predicted molar refractivity (Wildman–Crippen MR) is 74.8 cm³/mol. The van der Waals surface area contributed by atoms with Crippen LogP contribution in [0.3, 0.4) is 0 Å². The predicted octanol–water partition coefficient (Wildman–Crippen LogP) is 2.05. The third-order valence-corrected chi connectivity index (χ3v) is 3.67. The van der Waals surface area contributed by atoms with E-state index in [-0.39, 0.29) is 18.0 Å². The van der Waals surface area contributed by atoms with Crippen LogP contribution in [0.5, 0.6) is 0 Å². The summed E-state index contributed by atoms with van der Waals surface area (Å²) in [7, 11) is 0. The highest BCUT2D eigenvalue weighted by atomic mass is 32.1. The molecule has 19 heavy (non-hydrogen) atoms. The molecule has 0 bridgehead atoms. The average Bonchev–Trinajstić information content (AvgIpc) is 2.89. The number of hydrogen-bond acceptors (Lipinski definition) is 5. The molecule has 0 fully saturated rings. The first-order valence-electron chi connectivity index (χ1n) is 6.00.